The Hall–Kier alpha value is -2.08. The van der Waals surface area contributed by atoms with Crippen LogP contribution < -0.4 is 10.6 Å². The minimum Gasteiger partial charge on any atom is -0.478 e. The molecule has 11 nitrogen and oxygen atoms in total. The van der Waals surface area contributed by atoms with Crippen molar-refractivity contribution in [3.05, 3.63) is 0 Å². The number of hydrogen-bond donors (Lipinski definition) is 5. The normalized spacial score (nSPS) is 18.3. The third-order valence-electron chi connectivity index (χ3n) is 6.32. The first-order chi connectivity index (χ1) is 16.1. The molecule has 0 fully saturated rings. The van der Waals surface area contributed by atoms with Crippen LogP contribution in [0.3, 0.4) is 0 Å². The van der Waals surface area contributed by atoms with Crippen LogP contribution in [-0.2, 0) is 23.9 Å². The maximum absolute atomic E-state index is 13.5. The van der Waals surface area contributed by atoms with E-state index in [1.165, 1.54) is 18.9 Å². The number of carbonyl (C=O) groups excluding carboxylic acids is 3. The average molecular weight is 504 g/mol. The molecule has 0 aromatic heterocycles. The van der Waals surface area contributed by atoms with Crippen molar-refractivity contribution in [2.24, 2.45) is 5.92 Å². The number of aliphatic hydroxyl groups excluding tert-OH is 2. The molecule has 5 N–H and O–H groups in total. The van der Waals surface area contributed by atoms with Gasteiger partial charge in [-0.25, -0.2) is 9.59 Å². The van der Waals surface area contributed by atoms with Crippen LogP contribution in [0.1, 0.15) is 66.7 Å². The average Bonchev–Trinajstić information content (AvgIpc) is 2.76. The van der Waals surface area contributed by atoms with Crippen LogP contribution in [-0.4, -0.2) is 101 Å². The molecule has 1 amide bonds. The largest absolute Gasteiger partial charge is 0.478 e. The number of Topliss-reactive ketones (excluding diaryl/α,β-unsaturated/α-hetero) is 1. The fourth-order valence-corrected chi connectivity index (χ4v) is 3.91. The summed E-state index contributed by atoms with van der Waals surface area (Å²) in [4.78, 5) is 52.6. The fourth-order valence-electron chi connectivity index (χ4n) is 3.91. The molecule has 0 aliphatic rings. The Balaban J connectivity index is 6.24. The van der Waals surface area contributed by atoms with Crippen molar-refractivity contribution in [3.8, 4) is 0 Å². The quantitative estimate of drug-likeness (QED) is 0.174. The Morgan fingerprint density at radius 1 is 0.914 bits per heavy atom. The molecule has 204 valence electrons. The van der Waals surface area contributed by atoms with Crippen molar-refractivity contribution in [3.63, 3.8) is 0 Å². The number of likely N-dealkylation sites (N-methyl/N-ethyl adjacent to an activating group) is 3. The van der Waals surface area contributed by atoms with Crippen molar-refractivity contribution in [2.75, 3.05) is 21.1 Å². The molecular weight excluding hydrogens is 458 g/mol. The first-order valence-electron chi connectivity index (χ1n) is 12.1. The summed E-state index contributed by atoms with van der Waals surface area (Å²) in [5, 5.41) is 35.2. The second kappa shape index (κ2) is 15.1. The molecule has 0 heterocycles. The summed E-state index contributed by atoms with van der Waals surface area (Å²) >= 11 is 0. The molecule has 0 bridgehead atoms. The molecule has 0 rings (SSSR count). The van der Waals surface area contributed by atoms with E-state index in [4.69, 9.17) is 4.74 Å². The van der Waals surface area contributed by atoms with Crippen LogP contribution in [0.25, 0.3) is 0 Å². The Morgan fingerprint density at radius 3 is 1.89 bits per heavy atom. The number of esters is 1. The molecule has 0 radical (unpaired) electrons. The van der Waals surface area contributed by atoms with Crippen LogP contribution >= 0.6 is 0 Å². The summed E-state index contributed by atoms with van der Waals surface area (Å²) < 4.78 is 5.56. The zero-order valence-corrected chi connectivity index (χ0v) is 22.3. The number of aliphatic hydroxyl groups is 2. The Labute approximate surface area is 208 Å². The minimum atomic E-state index is -2.30. The van der Waals surface area contributed by atoms with Gasteiger partial charge in [-0.2, -0.15) is 0 Å². The number of aliphatic carboxylic acids is 1. The van der Waals surface area contributed by atoms with Crippen molar-refractivity contribution < 1.29 is 39.2 Å². The number of amides is 1. The van der Waals surface area contributed by atoms with E-state index in [2.05, 4.69) is 10.6 Å². The lowest BCUT2D eigenvalue weighted by Crippen LogP contribution is -2.56. The van der Waals surface area contributed by atoms with E-state index in [1.54, 1.807) is 41.8 Å². The molecule has 0 spiro atoms. The van der Waals surface area contributed by atoms with Gasteiger partial charge in [-0.1, -0.05) is 13.3 Å². The Morgan fingerprint density at radius 2 is 1.46 bits per heavy atom. The monoisotopic (exact) mass is 503 g/mol. The van der Waals surface area contributed by atoms with E-state index in [-0.39, 0.29) is 0 Å². The highest BCUT2D eigenvalue weighted by Gasteiger charge is 2.48. The summed E-state index contributed by atoms with van der Waals surface area (Å²) in [6, 6.07) is -2.45. The summed E-state index contributed by atoms with van der Waals surface area (Å²) in [6.07, 6.45) is -1.32. The van der Waals surface area contributed by atoms with E-state index in [0.29, 0.717) is 19.3 Å². The van der Waals surface area contributed by atoms with E-state index in [9.17, 15) is 34.5 Å². The predicted octanol–water partition coefficient (Wildman–Crippen LogP) is 0.313. The molecule has 35 heavy (non-hydrogen) atoms. The predicted molar refractivity (Wildman–Crippen MR) is 131 cm³/mol. The highest BCUT2D eigenvalue weighted by molar-refractivity contribution is 5.93. The number of nitrogens with zero attached hydrogens (tertiary/aromatic N) is 1. The highest BCUT2D eigenvalue weighted by Crippen LogP contribution is 2.28. The third kappa shape index (κ3) is 10.2. The molecule has 0 aromatic carbocycles. The number of carbonyl (C=O) groups is 4. The highest BCUT2D eigenvalue weighted by atomic mass is 16.6. The molecule has 0 saturated carbocycles. The Kier molecular flexibility index (Phi) is 14.2. The molecular formula is C24H45N3O8. The molecule has 0 aliphatic heterocycles. The van der Waals surface area contributed by atoms with Crippen LogP contribution in [0.4, 0.5) is 0 Å². The Bertz CT molecular complexity index is 715. The number of ether oxygens (including phenoxy) is 1. The van der Waals surface area contributed by atoms with Gasteiger partial charge >= 0.3 is 11.9 Å². The first-order valence-corrected chi connectivity index (χ1v) is 12.1. The van der Waals surface area contributed by atoms with Crippen molar-refractivity contribution in [1.82, 2.24) is 15.5 Å². The third-order valence-corrected chi connectivity index (χ3v) is 6.32. The van der Waals surface area contributed by atoms with E-state index >= 15 is 0 Å². The second-order valence-electron chi connectivity index (χ2n) is 9.59. The summed E-state index contributed by atoms with van der Waals surface area (Å²) in [5.74, 6) is -3.86. The molecule has 3 unspecified atom stereocenters. The minimum absolute atomic E-state index is 0.395. The first kappa shape index (κ1) is 32.9. The molecule has 7 atom stereocenters. The molecule has 0 aliphatic carbocycles. The number of carboxylic acid groups (broad SMARTS) is 1. The number of rotatable bonds is 17. The SMILES string of the molecule is CN[C@@H](C)C(=O)CC(CC(C)O)(OC(=O)[C@H]([C@@H](C)CCCC(C)O)N(C)C(=O)[C@H](C)NC)C(=O)O. The van der Waals surface area contributed by atoms with Crippen molar-refractivity contribution >= 4 is 23.6 Å². The molecule has 11 heteroatoms. The van der Waals surface area contributed by atoms with Gasteiger partial charge in [0.2, 0.25) is 11.5 Å². The van der Waals surface area contributed by atoms with Gasteiger partial charge in [0, 0.05) is 13.5 Å². The fraction of sp³-hybridized carbons (Fsp3) is 0.833. The van der Waals surface area contributed by atoms with E-state index in [1.807, 2.05) is 0 Å². The zero-order valence-electron chi connectivity index (χ0n) is 22.3. The number of nitrogens with one attached hydrogen (secondary N) is 2. The maximum atomic E-state index is 13.5. The van der Waals surface area contributed by atoms with Gasteiger partial charge < -0.3 is 35.6 Å². The van der Waals surface area contributed by atoms with Crippen molar-refractivity contribution in [1.29, 1.82) is 0 Å². The van der Waals surface area contributed by atoms with Gasteiger partial charge in [0.15, 0.2) is 5.78 Å². The van der Waals surface area contributed by atoms with Gasteiger partial charge in [0.05, 0.1) is 30.7 Å². The van der Waals surface area contributed by atoms with E-state index < -0.39 is 78.3 Å². The lowest BCUT2D eigenvalue weighted by molar-refractivity contribution is -0.189. The number of hydrogen-bond acceptors (Lipinski definition) is 9. The smallest absolute Gasteiger partial charge is 0.348 e. The lowest BCUT2D eigenvalue weighted by atomic mass is 9.88. The van der Waals surface area contributed by atoms with Gasteiger partial charge in [-0.05, 0) is 60.5 Å². The maximum Gasteiger partial charge on any atom is 0.348 e. The van der Waals surface area contributed by atoms with Crippen LogP contribution in [0.15, 0.2) is 0 Å². The molecule has 0 aromatic rings. The summed E-state index contributed by atoms with van der Waals surface area (Å²) in [6.45, 7) is 7.93. The van der Waals surface area contributed by atoms with Crippen LogP contribution in [0.5, 0.6) is 0 Å². The summed E-state index contributed by atoms with van der Waals surface area (Å²) in [7, 11) is 4.58. The van der Waals surface area contributed by atoms with Crippen molar-refractivity contribution in [2.45, 2.75) is 103 Å². The van der Waals surface area contributed by atoms with E-state index in [0.717, 1.165) is 0 Å². The summed E-state index contributed by atoms with van der Waals surface area (Å²) in [5.41, 5.74) is -2.30. The van der Waals surface area contributed by atoms with Crippen LogP contribution in [0.2, 0.25) is 0 Å². The van der Waals surface area contributed by atoms with Gasteiger partial charge in [-0.15, -0.1) is 0 Å². The zero-order chi connectivity index (χ0) is 27.5. The standard InChI is InChI=1S/C24H45N3O8/c1-14(10-9-11-15(2)28)20(27(8)21(31)18(5)26-7)22(32)35-24(23(33)34,12-16(3)29)13-19(30)17(4)25-6/h14-18,20,25-26,28-29H,9-13H2,1-8H3,(H,33,34)/t14-,15?,16?,17-,18-,20-,24?/m0/s1. The number of carboxylic acids is 1. The van der Waals surface area contributed by atoms with Gasteiger partial charge in [0.1, 0.15) is 6.04 Å². The lowest BCUT2D eigenvalue weighted by Gasteiger charge is -2.37. The van der Waals surface area contributed by atoms with Gasteiger partial charge in [-0.3, -0.25) is 9.59 Å². The number of ketones is 1. The molecule has 0 saturated heterocycles. The van der Waals surface area contributed by atoms with Crippen LogP contribution in [0, 0.1) is 5.92 Å². The second-order valence-corrected chi connectivity index (χ2v) is 9.59. The topological polar surface area (TPSA) is 165 Å². The van der Waals surface area contributed by atoms with Gasteiger partial charge in [0.25, 0.3) is 0 Å².